The third-order valence-electron chi connectivity index (χ3n) is 2.02. The molecule has 2 rings (SSSR count). The van der Waals surface area contributed by atoms with Crippen LogP contribution >= 0.6 is 0 Å². The molecule has 0 unspecified atom stereocenters. The Morgan fingerprint density at radius 1 is 1.25 bits per heavy atom. The predicted molar refractivity (Wildman–Crippen MR) is 48.3 cm³/mol. The first-order chi connectivity index (χ1) is 5.92. The van der Waals surface area contributed by atoms with Gasteiger partial charge in [0.15, 0.2) is 0 Å². The molecule has 0 fully saturated rings. The molecule has 0 saturated carbocycles. The molecule has 0 aromatic carbocycles. The van der Waals surface area contributed by atoms with E-state index in [-0.39, 0.29) is 0 Å². The molecule has 0 aliphatic heterocycles. The summed E-state index contributed by atoms with van der Waals surface area (Å²) in [6.45, 7) is 0. The molecule has 0 heterocycles. The number of rotatable bonds is 0. The van der Waals surface area contributed by atoms with E-state index in [1.807, 2.05) is 30.4 Å². The minimum Gasteiger partial charge on any atom is -0.411 e. The summed E-state index contributed by atoms with van der Waals surface area (Å²) in [6, 6.07) is 0. The number of hydrogen-bond acceptors (Lipinski definition) is 2. The van der Waals surface area contributed by atoms with Crippen molar-refractivity contribution in [2.24, 2.45) is 5.16 Å². The highest BCUT2D eigenvalue weighted by Crippen LogP contribution is 2.25. The smallest absolute Gasteiger partial charge is 0.0911 e. The molecule has 12 heavy (non-hydrogen) atoms. The lowest BCUT2D eigenvalue weighted by Crippen LogP contribution is -1.95. The first kappa shape index (κ1) is 7.10. The van der Waals surface area contributed by atoms with Crippen LogP contribution in [0.25, 0.3) is 0 Å². The average Bonchev–Trinajstić information content (AvgIpc) is 2.33. The summed E-state index contributed by atoms with van der Waals surface area (Å²) in [5.41, 5.74) is 2.93. The van der Waals surface area contributed by atoms with Gasteiger partial charge in [0, 0.05) is 12.0 Å². The largest absolute Gasteiger partial charge is 0.411 e. The van der Waals surface area contributed by atoms with E-state index in [0.29, 0.717) is 0 Å². The summed E-state index contributed by atoms with van der Waals surface area (Å²) in [5.74, 6) is 0. The fourth-order valence-electron chi connectivity index (χ4n) is 1.41. The summed E-state index contributed by atoms with van der Waals surface area (Å²) < 4.78 is 0. The maximum Gasteiger partial charge on any atom is 0.0911 e. The van der Waals surface area contributed by atoms with Gasteiger partial charge in [0.25, 0.3) is 0 Å². The van der Waals surface area contributed by atoms with Gasteiger partial charge in [-0.1, -0.05) is 41.6 Å². The van der Waals surface area contributed by atoms with Crippen LogP contribution in [0.3, 0.4) is 0 Å². The second kappa shape index (κ2) is 2.81. The lowest BCUT2D eigenvalue weighted by Gasteiger charge is -1.97. The highest BCUT2D eigenvalue weighted by atomic mass is 16.4. The summed E-state index contributed by atoms with van der Waals surface area (Å²) in [4.78, 5) is 0. The fourth-order valence-corrected chi connectivity index (χ4v) is 1.41. The molecule has 1 N–H and O–H groups in total. The van der Waals surface area contributed by atoms with E-state index in [9.17, 15) is 0 Å². The topological polar surface area (TPSA) is 32.6 Å². The van der Waals surface area contributed by atoms with Gasteiger partial charge >= 0.3 is 0 Å². The van der Waals surface area contributed by atoms with Crippen molar-refractivity contribution in [2.75, 3.05) is 0 Å². The highest BCUT2D eigenvalue weighted by molar-refractivity contribution is 6.08. The predicted octanol–water partition coefficient (Wildman–Crippen LogP) is 2.20. The Morgan fingerprint density at radius 3 is 3.00 bits per heavy atom. The summed E-state index contributed by atoms with van der Waals surface area (Å²) >= 11 is 0. The minimum atomic E-state index is 0.732. The zero-order valence-electron chi connectivity index (χ0n) is 6.57. The van der Waals surface area contributed by atoms with Crippen molar-refractivity contribution in [3.8, 4) is 0 Å². The van der Waals surface area contributed by atoms with Gasteiger partial charge in [0.2, 0.25) is 0 Å². The van der Waals surface area contributed by atoms with Crippen LogP contribution in [0.4, 0.5) is 0 Å². The number of nitrogens with zero attached hydrogens (tertiary/aromatic N) is 1. The molecule has 2 aliphatic carbocycles. The molecule has 2 heteroatoms. The van der Waals surface area contributed by atoms with Crippen LogP contribution in [0.2, 0.25) is 0 Å². The molecule has 2 aliphatic rings. The highest BCUT2D eigenvalue weighted by Gasteiger charge is 2.16. The number of hydrogen-bond donors (Lipinski definition) is 1. The van der Waals surface area contributed by atoms with Crippen LogP contribution < -0.4 is 0 Å². The van der Waals surface area contributed by atoms with E-state index in [0.717, 1.165) is 23.3 Å². The van der Waals surface area contributed by atoms with Crippen molar-refractivity contribution in [1.29, 1.82) is 0 Å². The first-order valence-corrected chi connectivity index (χ1v) is 3.88. The van der Waals surface area contributed by atoms with Gasteiger partial charge in [-0.3, -0.25) is 0 Å². The molecule has 0 radical (unpaired) electrons. The van der Waals surface area contributed by atoms with Gasteiger partial charge in [-0.05, 0) is 5.57 Å². The third-order valence-corrected chi connectivity index (χ3v) is 2.02. The SMILES string of the molecule is ON=C1CC=C2C=CC=CC=C21. The van der Waals surface area contributed by atoms with Gasteiger partial charge < -0.3 is 5.21 Å². The van der Waals surface area contributed by atoms with Crippen LogP contribution in [0, 0.1) is 0 Å². The molecular formula is C10H9NO. The van der Waals surface area contributed by atoms with Crippen molar-refractivity contribution in [3.05, 3.63) is 47.6 Å². The maximum absolute atomic E-state index is 8.66. The monoisotopic (exact) mass is 159 g/mol. The second-order valence-electron chi connectivity index (χ2n) is 2.73. The number of allylic oxidation sites excluding steroid dienone is 8. The van der Waals surface area contributed by atoms with Gasteiger partial charge in [0.1, 0.15) is 0 Å². The van der Waals surface area contributed by atoms with Gasteiger partial charge in [-0.25, -0.2) is 0 Å². The molecule has 0 spiro atoms. The van der Waals surface area contributed by atoms with Gasteiger partial charge in [0.05, 0.1) is 5.71 Å². The van der Waals surface area contributed by atoms with Crippen molar-refractivity contribution in [1.82, 2.24) is 0 Å². The molecule has 0 atom stereocenters. The quantitative estimate of drug-likeness (QED) is 0.426. The van der Waals surface area contributed by atoms with E-state index in [1.165, 1.54) is 0 Å². The molecule has 0 aromatic heterocycles. The van der Waals surface area contributed by atoms with Crippen LogP contribution in [0.15, 0.2) is 52.8 Å². The Labute approximate surface area is 70.9 Å². The van der Waals surface area contributed by atoms with E-state index in [1.54, 1.807) is 0 Å². The Hall–Kier alpha value is -1.57. The van der Waals surface area contributed by atoms with Crippen LogP contribution in [-0.4, -0.2) is 10.9 Å². The summed E-state index contributed by atoms with van der Waals surface area (Å²) in [7, 11) is 0. The van der Waals surface area contributed by atoms with Crippen molar-refractivity contribution < 1.29 is 5.21 Å². The summed E-state index contributed by atoms with van der Waals surface area (Å²) in [6.07, 6.45) is 12.7. The first-order valence-electron chi connectivity index (χ1n) is 3.88. The second-order valence-corrected chi connectivity index (χ2v) is 2.73. The average molecular weight is 159 g/mol. The fraction of sp³-hybridized carbons (Fsp3) is 0.100. The normalized spacial score (nSPS) is 23.5. The summed E-state index contributed by atoms with van der Waals surface area (Å²) in [5, 5.41) is 11.9. The molecular weight excluding hydrogens is 150 g/mol. The van der Waals surface area contributed by atoms with Crippen molar-refractivity contribution in [3.63, 3.8) is 0 Å². The van der Waals surface area contributed by atoms with Gasteiger partial charge in [-0.15, -0.1) is 0 Å². The zero-order chi connectivity index (χ0) is 8.39. The van der Waals surface area contributed by atoms with Crippen molar-refractivity contribution in [2.45, 2.75) is 6.42 Å². The Bertz CT molecular complexity index is 343. The minimum absolute atomic E-state index is 0.732. The maximum atomic E-state index is 8.66. The molecule has 0 amide bonds. The lowest BCUT2D eigenvalue weighted by atomic mass is 10.1. The Balaban J connectivity index is 2.46. The standard InChI is InChI=1S/C10H9NO/c12-11-10-7-6-8-4-2-1-3-5-9(8)10/h1-6,12H,7H2. The van der Waals surface area contributed by atoms with Crippen LogP contribution in [0.1, 0.15) is 6.42 Å². The Kier molecular flexibility index (Phi) is 1.67. The van der Waals surface area contributed by atoms with Crippen molar-refractivity contribution >= 4 is 5.71 Å². The molecule has 2 nitrogen and oxygen atoms in total. The molecule has 0 aromatic rings. The molecule has 60 valence electrons. The van der Waals surface area contributed by atoms with E-state index in [4.69, 9.17) is 5.21 Å². The number of fused-ring (bicyclic) bond motifs is 1. The van der Waals surface area contributed by atoms with E-state index in [2.05, 4.69) is 11.2 Å². The Morgan fingerprint density at radius 2 is 2.17 bits per heavy atom. The van der Waals surface area contributed by atoms with Crippen LogP contribution in [-0.2, 0) is 0 Å². The number of oxime groups is 1. The zero-order valence-corrected chi connectivity index (χ0v) is 6.57. The van der Waals surface area contributed by atoms with Crippen LogP contribution in [0.5, 0.6) is 0 Å². The third kappa shape index (κ3) is 1.01. The lowest BCUT2D eigenvalue weighted by molar-refractivity contribution is 0.318. The van der Waals surface area contributed by atoms with E-state index >= 15 is 0 Å². The van der Waals surface area contributed by atoms with Gasteiger partial charge in [-0.2, -0.15) is 0 Å². The molecule has 0 saturated heterocycles. The van der Waals surface area contributed by atoms with E-state index < -0.39 is 0 Å². The molecule has 0 bridgehead atoms.